The minimum absolute atomic E-state index is 0.00783. The number of phenols is 2. The molecule has 0 unspecified atom stereocenters. The van der Waals surface area contributed by atoms with Gasteiger partial charge in [-0.2, -0.15) is 0 Å². The van der Waals surface area contributed by atoms with Gasteiger partial charge in [0, 0.05) is 12.6 Å². The van der Waals surface area contributed by atoms with Gasteiger partial charge in [0.1, 0.15) is 11.5 Å². The van der Waals surface area contributed by atoms with E-state index in [0.717, 1.165) is 25.2 Å². The zero-order valence-corrected chi connectivity index (χ0v) is 19.0. The monoisotopic (exact) mass is 450 g/mol. The molecule has 33 heavy (non-hydrogen) atoms. The normalized spacial score (nSPS) is 14.6. The second kappa shape index (κ2) is 9.67. The van der Waals surface area contributed by atoms with Gasteiger partial charge in [-0.1, -0.05) is 49.7 Å². The Hall–Kier alpha value is -3.32. The molecule has 0 bridgehead atoms. The van der Waals surface area contributed by atoms with Crippen LogP contribution in [-0.4, -0.2) is 44.4 Å². The number of aromatic carboxylic acids is 1. The molecular weight excluding hydrogens is 420 g/mol. The third-order valence-electron chi connectivity index (χ3n) is 6.06. The number of aromatic hydroxyl groups is 2. The van der Waals surface area contributed by atoms with E-state index in [-0.39, 0.29) is 28.9 Å². The lowest BCUT2D eigenvalue weighted by Crippen LogP contribution is -2.28. The number of phenolic OH excluding ortho intramolecular Hbond substituents is 2. The van der Waals surface area contributed by atoms with Crippen molar-refractivity contribution >= 4 is 5.97 Å². The van der Waals surface area contributed by atoms with Gasteiger partial charge in [0.25, 0.3) is 0 Å². The van der Waals surface area contributed by atoms with Gasteiger partial charge in [0.15, 0.2) is 11.5 Å². The fraction of sp³-hybridized carbons (Fsp3) is 0.385. The van der Waals surface area contributed by atoms with Crippen LogP contribution in [0.25, 0.3) is 22.5 Å². The number of likely N-dealkylation sites (tertiary alicyclic amines) is 1. The minimum atomic E-state index is -1.21. The summed E-state index contributed by atoms with van der Waals surface area (Å²) in [7, 11) is 0. The smallest absolute Gasteiger partial charge is 0.358 e. The summed E-state index contributed by atoms with van der Waals surface area (Å²) < 4.78 is 5.45. The highest BCUT2D eigenvalue weighted by molar-refractivity contribution is 5.99. The maximum Gasteiger partial charge on any atom is 0.358 e. The van der Waals surface area contributed by atoms with Crippen molar-refractivity contribution in [2.45, 2.75) is 46.1 Å². The number of carbonyl (C=O) groups is 1. The molecule has 1 aliphatic heterocycles. The zero-order valence-electron chi connectivity index (χ0n) is 19.0. The van der Waals surface area contributed by atoms with E-state index in [1.54, 1.807) is 6.07 Å². The lowest BCUT2D eigenvalue weighted by molar-refractivity contribution is 0.0686. The maximum absolute atomic E-state index is 11.9. The average Bonchev–Trinajstić information content (AvgIpc) is 3.22. The first kappa shape index (κ1) is 22.9. The number of hydrogen-bond acceptors (Lipinski definition) is 6. The topological polar surface area (TPSA) is 107 Å². The Bertz CT molecular complexity index is 1130. The summed E-state index contributed by atoms with van der Waals surface area (Å²) in [6, 6.07) is 10.6. The first-order valence-corrected chi connectivity index (χ1v) is 11.4. The Kier molecular flexibility index (Phi) is 6.70. The van der Waals surface area contributed by atoms with Crippen LogP contribution in [0.1, 0.15) is 54.7 Å². The Morgan fingerprint density at radius 2 is 1.76 bits per heavy atom. The standard InChI is InChI=1S/C26H30N2O5/c1-16(2)12-19-13-20(22(30)14-21(19)29)25-23(24(26(31)32)27-33-25)18-8-6-17(7-9-18)15-28-10-4-3-5-11-28/h6-9,13-14,16,29-30H,3-5,10-12,15H2,1-2H3,(H,31,32). The quantitative estimate of drug-likeness (QED) is 0.448. The van der Waals surface area contributed by atoms with Crippen LogP contribution in [0.15, 0.2) is 40.9 Å². The highest BCUT2D eigenvalue weighted by atomic mass is 16.5. The van der Waals surface area contributed by atoms with Crippen molar-refractivity contribution < 1.29 is 24.6 Å². The van der Waals surface area contributed by atoms with Crippen molar-refractivity contribution in [1.29, 1.82) is 0 Å². The number of hydrogen-bond donors (Lipinski definition) is 3. The first-order valence-electron chi connectivity index (χ1n) is 11.4. The van der Waals surface area contributed by atoms with E-state index in [1.165, 1.54) is 25.3 Å². The van der Waals surface area contributed by atoms with Crippen LogP contribution in [0, 0.1) is 5.92 Å². The second-order valence-electron chi connectivity index (χ2n) is 9.17. The van der Waals surface area contributed by atoms with Crippen molar-refractivity contribution in [2.75, 3.05) is 13.1 Å². The lowest BCUT2D eigenvalue weighted by atomic mass is 9.94. The Balaban J connectivity index is 1.73. The Labute approximate surface area is 193 Å². The molecule has 0 aliphatic carbocycles. The highest BCUT2D eigenvalue weighted by Crippen LogP contribution is 2.42. The molecule has 1 aliphatic rings. The van der Waals surface area contributed by atoms with Gasteiger partial charge >= 0.3 is 5.97 Å². The van der Waals surface area contributed by atoms with E-state index in [4.69, 9.17) is 4.52 Å². The van der Waals surface area contributed by atoms with Crippen molar-refractivity contribution in [3.05, 3.63) is 53.2 Å². The molecule has 1 fully saturated rings. The molecule has 7 heteroatoms. The summed E-state index contributed by atoms with van der Waals surface area (Å²) in [5.41, 5.74) is 2.84. The van der Waals surface area contributed by atoms with Crippen molar-refractivity contribution in [3.8, 4) is 33.9 Å². The summed E-state index contributed by atoms with van der Waals surface area (Å²) in [4.78, 5) is 14.3. The first-order chi connectivity index (χ1) is 15.8. The predicted octanol–water partition coefficient (Wildman–Crippen LogP) is 5.30. The summed E-state index contributed by atoms with van der Waals surface area (Å²) in [5.74, 6) is -0.969. The third kappa shape index (κ3) is 5.03. The fourth-order valence-electron chi connectivity index (χ4n) is 4.45. The number of carboxylic acids is 1. The zero-order chi connectivity index (χ0) is 23.5. The fourth-order valence-corrected chi connectivity index (χ4v) is 4.45. The van der Waals surface area contributed by atoms with Gasteiger partial charge in [-0.05, 0) is 61.0 Å². The molecule has 0 saturated carbocycles. The Morgan fingerprint density at radius 1 is 1.06 bits per heavy atom. The average molecular weight is 451 g/mol. The maximum atomic E-state index is 11.9. The SMILES string of the molecule is CC(C)Cc1cc(-c2onc(C(=O)O)c2-c2ccc(CN3CCCCC3)cc2)c(O)cc1O. The molecule has 0 spiro atoms. The number of rotatable bonds is 7. The van der Waals surface area contributed by atoms with Crippen LogP contribution in [0.2, 0.25) is 0 Å². The number of aromatic nitrogens is 1. The summed E-state index contributed by atoms with van der Waals surface area (Å²) in [6.07, 6.45) is 4.32. The second-order valence-corrected chi connectivity index (χ2v) is 9.17. The van der Waals surface area contributed by atoms with Gasteiger partial charge in [0.05, 0.1) is 11.1 Å². The number of piperidine rings is 1. The molecule has 3 N–H and O–H groups in total. The van der Waals surface area contributed by atoms with Crippen LogP contribution in [-0.2, 0) is 13.0 Å². The van der Waals surface area contributed by atoms with Crippen LogP contribution >= 0.6 is 0 Å². The van der Waals surface area contributed by atoms with Crippen LogP contribution in [0.3, 0.4) is 0 Å². The molecule has 0 radical (unpaired) electrons. The minimum Gasteiger partial charge on any atom is -0.508 e. The van der Waals surface area contributed by atoms with E-state index < -0.39 is 5.97 Å². The molecule has 2 heterocycles. The molecule has 0 atom stereocenters. The molecule has 2 aromatic carbocycles. The van der Waals surface area contributed by atoms with Crippen molar-refractivity contribution in [1.82, 2.24) is 10.1 Å². The number of nitrogens with zero attached hydrogens (tertiary/aromatic N) is 2. The molecule has 174 valence electrons. The van der Waals surface area contributed by atoms with Crippen LogP contribution < -0.4 is 0 Å². The van der Waals surface area contributed by atoms with E-state index >= 15 is 0 Å². The van der Waals surface area contributed by atoms with Gasteiger partial charge < -0.3 is 19.8 Å². The van der Waals surface area contributed by atoms with Crippen LogP contribution in [0.5, 0.6) is 11.5 Å². The number of carboxylic acid groups (broad SMARTS) is 1. The van der Waals surface area contributed by atoms with E-state index in [0.29, 0.717) is 28.7 Å². The molecule has 1 saturated heterocycles. The van der Waals surface area contributed by atoms with E-state index in [1.807, 2.05) is 38.1 Å². The van der Waals surface area contributed by atoms with Crippen molar-refractivity contribution in [2.24, 2.45) is 5.92 Å². The molecule has 7 nitrogen and oxygen atoms in total. The van der Waals surface area contributed by atoms with Crippen molar-refractivity contribution in [3.63, 3.8) is 0 Å². The largest absolute Gasteiger partial charge is 0.508 e. The van der Waals surface area contributed by atoms with Gasteiger partial charge in [-0.25, -0.2) is 4.79 Å². The lowest BCUT2D eigenvalue weighted by Gasteiger charge is -2.26. The van der Waals surface area contributed by atoms with Gasteiger partial charge in [-0.15, -0.1) is 0 Å². The molecule has 1 aromatic heterocycles. The molecule has 3 aromatic rings. The van der Waals surface area contributed by atoms with E-state index in [2.05, 4.69) is 10.1 Å². The molecule has 4 rings (SSSR count). The summed E-state index contributed by atoms with van der Waals surface area (Å²) >= 11 is 0. The summed E-state index contributed by atoms with van der Waals surface area (Å²) in [5, 5.41) is 34.3. The molecular formula is C26H30N2O5. The molecule has 0 amide bonds. The summed E-state index contributed by atoms with van der Waals surface area (Å²) in [6.45, 7) is 7.11. The van der Waals surface area contributed by atoms with Gasteiger partial charge in [0.2, 0.25) is 0 Å². The van der Waals surface area contributed by atoms with Gasteiger partial charge in [-0.3, -0.25) is 4.90 Å². The Morgan fingerprint density at radius 3 is 2.39 bits per heavy atom. The highest BCUT2D eigenvalue weighted by Gasteiger charge is 2.26. The number of benzene rings is 2. The van der Waals surface area contributed by atoms with E-state index in [9.17, 15) is 20.1 Å². The third-order valence-corrected chi connectivity index (χ3v) is 6.06. The van der Waals surface area contributed by atoms with Crippen LogP contribution in [0.4, 0.5) is 0 Å². The predicted molar refractivity (Wildman–Crippen MR) is 125 cm³/mol.